The van der Waals surface area contributed by atoms with Gasteiger partial charge in [-0.25, -0.2) is 4.79 Å². The summed E-state index contributed by atoms with van der Waals surface area (Å²) in [7, 11) is 0. The van der Waals surface area contributed by atoms with Crippen molar-refractivity contribution in [3.63, 3.8) is 0 Å². The van der Waals surface area contributed by atoms with Crippen molar-refractivity contribution < 1.29 is 18.7 Å². The minimum Gasteiger partial charge on any atom is -0.447 e. The molecule has 1 N–H and O–H groups in total. The number of benzene rings is 1. The Hall–Kier alpha value is -3.53. The molecule has 1 aromatic heterocycles. The van der Waals surface area contributed by atoms with E-state index in [0.717, 1.165) is 31.3 Å². The second-order valence-electron chi connectivity index (χ2n) is 9.54. The fraction of sp³-hybridized carbons (Fsp3) is 0.462. The van der Waals surface area contributed by atoms with Crippen LogP contribution in [0.3, 0.4) is 0 Å². The summed E-state index contributed by atoms with van der Waals surface area (Å²) in [6, 6.07) is 8.94. The zero-order chi connectivity index (χ0) is 25.8. The first-order valence-corrected chi connectivity index (χ1v) is 12.2. The van der Waals surface area contributed by atoms with Gasteiger partial charge in [-0.3, -0.25) is 14.6 Å². The number of amides is 2. The van der Waals surface area contributed by atoms with Crippen molar-refractivity contribution in [3.8, 4) is 0 Å². The van der Waals surface area contributed by atoms with Crippen molar-refractivity contribution in [1.29, 1.82) is 0 Å². The third-order valence-corrected chi connectivity index (χ3v) is 6.69. The number of halogens is 1. The van der Waals surface area contributed by atoms with Gasteiger partial charge in [0.05, 0.1) is 12.1 Å². The molecule has 10 heteroatoms. The number of cyclic esters (lactones) is 1. The van der Waals surface area contributed by atoms with E-state index in [2.05, 4.69) is 38.9 Å². The minimum atomic E-state index is -0.720. The van der Waals surface area contributed by atoms with Crippen LogP contribution in [0.25, 0.3) is 0 Å². The number of anilines is 2. The second-order valence-corrected chi connectivity index (χ2v) is 9.54. The predicted octanol–water partition coefficient (Wildman–Crippen LogP) is 3.60. The molecular weight excluding hydrogens is 463 g/mol. The van der Waals surface area contributed by atoms with Gasteiger partial charge in [0.2, 0.25) is 17.8 Å². The van der Waals surface area contributed by atoms with E-state index in [9.17, 15) is 14.0 Å². The Kier molecular flexibility index (Phi) is 7.83. The van der Waals surface area contributed by atoms with Crippen LogP contribution in [0, 0.1) is 11.9 Å². The second kappa shape index (κ2) is 11.0. The Labute approximate surface area is 210 Å². The summed E-state index contributed by atoms with van der Waals surface area (Å²) < 4.78 is 19.5. The van der Waals surface area contributed by atoms with Crippen LogP contribution >= 0.6 is 0 Å². The lowest BCUT2D eigenvalue weighted by atomic mass is 10.0. The molecule has 4 rings (SSSR count). The van der Waals surface area contributed by atoms with Crippen LogP contribution < -0.4 is 10.2 Å². The molecule has 2 fully saturated rings. The number of nitrogens with zero attached hydrogens (tertiary/aromatic N) is 5. The molecule has 2 aliphatic heterocycles. The van der Waals surface area contributed by atoms with Crippen LogP contribution in [-0.2, 0) is 16.1 Å². The van der Waals surface area contributed by atoms with Crippen LogP contribution in [0.15, 0.2) is 43.0 Å². The SMILES string of the molecule is C=CC(=O)N1CCN(Cc2ccc([C@H](C)Nc3nc(F)cc(N4C(=O)OCC4C(C)C)n3)cc2)CC1. The van der Waals surface area contributed by atoms with E-state index in [-0.39, 0.29) is 42.3 Å². The van der Waals surface area contributed by atoms with Crippen LogP contribution in [0.1, 0.15) is 37.9 Å². The van der Waals surface area contributed by atoms with E-state index in [0.29, 0.717) is 13.1 Å². The monoisotopic (exact) mass is 496 g/mol. The molecule has 1 unspecified atom stereocenters. The first-order valence-electron chi connectivity index (χ1n) is 12.2. The molecule has 0 aliphatic carbocycles. The van der Waals surface area contributed by atoms with Gasteiger partial charge in [0.1, 0.15) is 12.4 Å². The van der Waals surface area contributed by atoms with Gasteiger partial charge in [-0.1, -0.05) is 44.7 Å². The van der Waals surface area contributed by atoms with E-state index in [4.69, 9.17) is 4.74 Å². The lowest BCUT2D eigenvalue weighted by Crippen LogP contribution is -2.47. The molecule has 192 valence electrons. The molecule has 3 heterocycles. The lowest BCUT2D eigenvalue weighted by molar-refractivity contribution is -0.127. The average Bonchev–Trinajstić information content (AvgIpc) is 3.26. The summed E-state index contributed by atoms with van der Waals surface area (Å²) in [6.45, 7) is 13.5. The van der Waals surface area contributed by atoms with Gasteiger partial charge < -0.3 is 15.0 Å². The molecule has 0 radical (unpaired) electrons. The molecule has 2 atom stereocenters. The van der Waals surface area contributed by atoms with Gasteiger partial charge in [0.25, 0.3) is 0 Å². The van der Waals surface area contributed by atoms with Gasteiger partial charge in [0, 0.05) is 38.8 Å². The fourth-order valence-electron chi connectivity index (χ4n) is 4.49. The third-order valence-electron chi connectivity index (χ3n) is 6.69. The normalized spacial score (nSPS) is 19.4. The first kappa shape index (κ1) is 25.6. The largest absolute Gasteiger partial charge is 0.447 e. The highest BCUT2D eigenvalue weighted by Gasteiger charge is 2.37. The Morgan fingerprint density at radius 1 is 1.19 bits per heavy atom. The van der Waals surface area contributed by atoms with Crippen LogP contribution in [0.5, 0.6) is 0 Å². The van der Waals surface area contributed by atoms with Crippen molar-refractivity contribution in [1.82, 2.24) is 19.8 Å². The summed E-state index contributed by atoms with van der Waals surface area (Å²) in [4.78, 5) is 37.8. The van der Waals surface area contributed by atoms with Gasteiger partial charge in [0.15, 0.2) is 0 Å². The molecule has 2 amide bonds. The molecule has 0 saturated carbocycles. The van der Waals surface area contributed by atoms with E-state index >= 15 is 0 Å². The summed E-state index contributed by atoms with van der Waals surface area (Å²) in [5.41, 5.74) is 2.17. The molecule has 2 saturated heterocycles. The maximum Gasteiger partial charge on any atom is 0.415 e. The van der Waals surface area contributed by atoms with Gasteiger partial charge in [-0.05, 0) is 30.0 Å². The highest BCUT2D eigenvalue weighted by atomic mass is 19.1. The topological polar surface area (TPSA) is 90.9 Å². The quantitative estimate of drug-likeness (QED) is 0.441. The first-order chi connectivity index (χ1) is 17.2. The maximum absolute atomic E-state index is 14.4. The Bertz CT molecular complexity index is 1100. The Morgan fingerprint density at radius 3 is 2.53 bits per heavy atom. The van der Waals surface area contributed by atoms with Crippen molar-refractivity contribution in [2.75, 3.05) is 43.0 Å². The van der Waals surface area contributed by atoms with Crippen molar-refractivity contribution in [2.24, 2.45) is 5.92 Å². The van der Waals surface area contributed by atoms with Gasteiger partial charge in [-0.15, -0.1) is 0 Å². The predicted molar refractivity (Wildman–Crippen MR) is 135 cm³/mol. The number of carbonyl (C=O) groups is 2. The Balaban J connectivity index is 1.38. The summed E-state index contributed by atoms with van der Waals surface area (Å²) in [5, 5.41) is 3.15. The zero-order valence-corrected chi connectivity index (χ0v) is 21.0. The van der Waals surface area contributed by atoms with Crippen molar-refractivity contribution in [2.45, 2.75) is 39.4 Å². The fourth-order valence-corrected chi connectivity index (χ4v) is 4.49. The molecule has 1 aromatic carbocycles. The number of piperazine rings is 1. The Morgan fingerprint density at radius 2 is 1.89 bits per heavy atom. The van der Waals surface area contributed by atoms with Crippen molar-refractivity contribution >= 4 is 23.8 Å². The maximum atomic E-state index is 14.4. The summed E-state index contributed by atoms with van der Waals surface area (Å²) in [6.07, 6.45) is 0.831. The van der Waals surface area contributed by atoms with E-state index in [1.54, 1.807) is 0 Å². The molecule has 2 aliphatic rings. The van der Waals surface area contributed by atoms with E-state index in [1.807, 2.05) is 37.8 Å². The smallest absolute Gasteiger partial charge is 0.415 e. The highest BCUT2D eigenvalue weighted by Crippen LogP contribution is 2.27. The number of hydrogen-bond donors (Lipinski definition) is 1. The number of ether oxygens (including phenoxy) is 1. The molecule has 36 heavy (non-hydrogen) atoms. The van der Waals surface area contributed by atoms with Crippen LogP contribution in [0.2, 0.25) is 0 Å². The van der Waals surface area contributed by atoms with E-state index < -0.39 is 12.0 Å². The molecule has 0 bridgehead atoms. The van der Waals surface area contributed by atoms with Gasteiger partial charge >= 0.3 is 6.09 Å². The zero-order valence-electron chi connectivity index (χ0n) is 21.0. The number of aromatic nitrogens is 2. The number of hydrogen-bond acceptors (Lipinski definition) is 7. The molecule has 0 spiro atoms. The number of carbonyl (C=O) groups excluding carboxylic acids is 2. The summed E-state index contributed by atoms with van der Waals surface area (Å²) in [5.74, 6) is -0.321. The number of nitrogens with one attached hydrogen (secondary N) is 1. The average molecular weight is 497 g/mol. The van der Waals surface area contributed by atoms with Crippen molar-refractivity contribution in [3.05, 3.63) is 60.1 Å². The third kappa shape index (κ3) is 5.81. The number of rotatable bonds is 8. The highest BCUT2D eigenvalue weighted by molar-refractivity contribution is 5.89. The van der Waals surface area contributed by atoms with Crippen LogP contribution in [-0.4, -0.2) is 70.6 Å². The molecular formula is C26H33FN6O3. The standard InChI is InChI=1S/C26H33FN6O3/c1-5-24(34)32-12-10-31(11-13-32)15-19-6-8-20(9-7-19)18(4)28-25-29-22(27)14-23(30-25)33-21(17(2)3)16-36-26(33)35/h5-9,14,17-18,21H,1,10-13,15-16H2,2-4H3,(H,28,29,30)/t18-,21?/m0/s1. The minimum absolute atomic E-state index is 0.0185. The summed E-state index contributed by atoms with van der Waals surface area (Å²) >= 11 is 0. The lowest BCUT2D eigenvalue weighted by Gasteiger charge is -2.34. The van der Waals surface area contributed by atoms with Crippen LogP contribution in [0.4, 0.5) is 21.0 Å². The van der Waals surface area contributed by atoms with E-state index in [1.165, 1.54) is 16.5 Å². The molecule has 9 nitrogen and oxygen atoms in total. The molecule has 2 aromatic rings. The van der Waals surface area contributed by atoms with Gasteiger partial charge in [-0.2, -0.15) is 14.4 Å².